The van der Waals surface area contributed by atoms with E-state index in [-0.39, 0.29) is 59.1 Å². The zero-order chi connectivity index (χ0) is 93.0. The standard InChI is InChI=1S/C23H30ClN5O2.C23H30ClN5O.C22H28ClN5O2.C22H28ClN5O.4C2H6/c1-15-12-19(30)21-20(15)22(26-14-25-21)28-8-10-29(11-9-28)23(31)18(13-27(2)3)16-4-6-17(24)7-5-16;1-16-4-9-20-21(16)22(26-15-25-20)28-10-12-29(13-11-28)23(30)19(14-27(2)3)17-5-7-18(24)8-6-17;1-14-11-18(29)20-19(14)21(26-13-25-20)27-7-9-28(10-8-27)22(30)17(12-24-2)15-3-5-16(23)6-4-15;1-15-3-8-19-20(15)21(26-14-25-19)27-9-11-28(12-10-27)22(29)18(13-24-2)16-4-6-17(23)7-5-16;4*1-2/h4-7,14-15,18-19,30H,8-13H2,1-3H3;5-8,15-16,19H,4,9-14H2,1-3H3;3-6,13-14,17-18,24,29H,7-12H2,1-2H3;4-7,14-15,18,24H,3,8-13H2,1-2H3;4*1-2H3/t15-,18-,19-;16-,19-;14-,17-,18-;15-,18-;;;;/m1111..../s1. The molecule has 8 aliphatic rings. The van der Waals surface area contributed by atoms with E-state index < -0.39 is 12.2 Å². The summed E-state index contributed by atoms with van der Waals surface area (Å²) in [6, 6.07) is 30.3. The lowest BCUT2D eigenvalue weighted by Gasteiger charge is -2.38. The quantitative estimate of drug-likeness (QED) is 0.0552. The van der Waals surface area contributed by atoms with Crippen LogP contribution in [-0.2, 0) is 32.0 Å². The van der Waals surface area contributed by atoms with Crippen molar-refractivity contribution in [3.05, 3.63) is 210 Å². The first-order valence-corrected chi connectivity index (χ1v) is 47.9. The summed E-state index contributed by atoms with van der Waals surface area (Å²) in [6.45, 7) is 38.7. The molecule has 0 saturated carbocycles. The fourth-order valence-corrected chi connectivity index (χ4v) is 18.9. The van der Waals surface area contributed by atoms with Crippen LogP contribution in [0.25, 0.3) is 0 Å². The van der Waals surface area contributed by atoms with Crippen molar-refractivity contribution in [1.29, 1.82) is 0 Å². The van der Waals surface area contributed by atoms with Crippen LogP contribution in [0.15, 0.2) is 122 Å². The lowest BCUT2D eigenvalue weighted by atomic mass is 9.96. The number of nitrogens with zero attached hydrogens (tertiary/aromatic N) is 18. The normalized spacial score (nSPS) is 19.9. The summed E-state index contributed by atoms with van der Waals surface area (Å²) in [5, 5.41) is 29.5. The Hall–Kier alpha value is -8.80. The molecule has 4 N–H and O–H groups in total. The highest BCUT2D eigenvalue weighted by molar-refractivity contribution is 6.31. The Morgan fingerprint density at radius 2 is 0.586 bits per heavy atom. The number of carbonyl (C=O) groups is 4. The average molecular weight is 1840 g/mol. The third-order valence-corrected chi connectivity index (χ3v) is 25.8. The Kier molecular flexibility index (Phi) is 40.7. The van der Waals surface area contributed by atoms with Gasteiger partial charge in [-0.05, 0) is 175 Å². The molecule has 0 unspecified atom stereocenters. The highest BCUT2D eigenvalue weighted by Crippen LogP contribution is 2.46. The summed E-state index contributed by atoms with van der Waals surface area (Å²) in [6.07, 6.45) is 11.2. The molecule has 128 heavy (non-hydrogen) atoms. The summed E-state index contributed by atoms with van der Waals surface area (Å²) in [4.78, 5) is 110. The van der Waals surface area contributed by atoms with E-state index in [2.05, 4.69) is 103 Å². The first-order valence-electron chi connectivity index (χ1n) is 46.3. The maximum Gasteiger partial charge on any atom is 0.231 e. The molecular formula is C98H140Cl4N20O6. The fourth-order valence-electron chi connectivity index (χ4n) is 18.4. The van der Waals surface area contributed by atoms with Crippen LogP contribution >= 0.6 is 46.4 Å². The predicted octanol–water partition coefficient (Wildman–Crippen LogP) is 15.1. The van der Waals surface area contributed by atoms with Crippen molar-refractivity contribution in [2.45, 2.75) is 181 Å². The van der Waals surface area contributed by atoms with Crippen LogP contribution in [-0.4, -0.2) is 276 Å². The molecule has 4 aliphatic carbocycles. The van der Waals surface area contributed by atoms with E-state index in [4.69, 9.17) is 46.4 Å². The van der Waals surface area contributed by atoms with E-state index in [9.17, 15) is 29.4 Å². The number of hydrogen-bond acceptors (Lipinski definition) is 22. The Morgan fingerprint density at radius 3 is 0.836 bits per heavy atom. The number of rotatable bonds is 20. The molecule has 10 atom stereocenters. The fraction of sp³-hybridized carbons (Fsp3) is 0.551. The number of carbonyl (C=O) groups excluding carboxylic acids is 4. The number of benzene rings is 4. The van der Waals surface area contributed by atoms with Crippen molar-refractivity contribution >= 4 is 93.3 Å². The first kappa shape index (κ1) is 103. The number of aliphatic hydroxyl groups excluding tert-OH is 2. The van der Waals surface area contributed by atoms with Crippen LogP contribution in [0, 0.1) is 0 Å². The molecule has 0 spiro atoms. The zero-order valence-electron chi connectivity index (χ0n) is 78.8. The number of aliphatic hydroxyl groups is 2. The number of halogens is 4. The van der Waals surface area contributed by atoms with Gasteiger partial charge in [0.2, 0.25) is 23.6 Å². The summed E-state index contributed by atoms with van der Waals surface area (Å²) in [7, 11) is 11.7. The topological polar surface area (TPSA) is 268 Å². The van der Waals surface area contributed by atoms with Crippen LogP contribution in [0.3, 0.4) is 0 Å². The van der Waals surface area contributed by atoms with Crippen LogP contribution in [0.1, 0.15) is 236 Å². The van der Waals surface area contributed by atoms with Crippen LogP contribution < -0.4 is 30.2 Å². The van der Waals surface area contributed by atoms with Gasteiger partial charge in [-0.25, -0.2) is 39.9 Å². The summed E-state index contributed by atoms with van der Waals surface area (Å²) in [5.41, 5.74) is 12.6. The van der Waals surface area contributed by atoms with E-state index in [1.807, 2.05) is 219 Å². The summed E-state index contributed by atoms with van der Waals surface area (Å²) >= 11 is 24.1. The molecule has 696 valence electrons. The van der Waals surface area contributed by atoms with E-state index >= 15 is 0 Å². The second kappa shape index (κ2) is 50.6. The number of aryl methyl sites for hydroxylation is 2. The van der Waals surface area contributed by atoms with Gasteiger partial charge in [-0.1, -0.05) is 178 Å². The Labute approximate surface area is 781 Å². The molecule has 16 rings (SSSR count). The van der Waals surface area contributed by atoms with Crippen LogP contribution in [0.4, 0.5) is 23.3 Å². The summed E-state index contributed by atoms with van der Waals surface area (Å²) < 4.78 is 0. The molecule has 4 aromatic carbocycles. The number of likely N-dealkylation sites (N-methyl/N-ethyl adjacent to an activating group) is 4. The van der Waals surface area contributed by atoms with Crippen molar-refractivity contribution in [2.75, 3.05) is 193 Å². The summed E-state index contributed by atoms with van der Waals surface area (Å²) in [5.74, 6) is 5.20. The molecule has 4 fully saturated rings. The lowest BCUT2D eigenvalue weighted by molar-refractivity contribution is -0.134. The predicted molar refractivity (Wildman–Crippen MR) is 520 cm³/mol. The molecule has 30 heteroatoms. The SMILES string of the molecule is CC.CC.CC.CC.CNC[C@@H](C(=O)N1CCN(c2ncnc3c2[C@H](C)CC3)CC1)c1ccc(Cl)cc1.CNC[C@@H](C(=O)N1CCN(c2ncnc3c2[C@H](C)C[C@H]3O)CC1)c1ccc(Cl)cc1.C[C@@H]1CCc2ncnc(N3CCN(C(=O)[C@H](CN(C)C)c4ccc(Cl)cc4)CC3)c21.C[C@@H]1C[C@@H](O)c2ncnc(N3CCN(C(=O)[C@H](CN(C)C)c4ccc(Cl)cc4)CC3)c21. The highest BCUT2D eigenvalue weighted by atomic mass is 35.5. The van der Waals surface area contributed by atoms with Crippen molar-refractivity contribution in [3.8, 4) is 0 Å². The van der Waals surface area contributed by atoms with Crippen LogP contribution in [0.5, 0.6) is 0 Å². The molecule has 0 bridgehead atoms. The lowest BCUT2D eigenvalue weighted by Crippen LogP contribution is -2.51. The minimum Gasteiger partial charge on any atom is -0.387 e. The second-order valence-corrected chi connectivity index (χ2v) is 35.3. The van der Waals surface area contributed by atoms with Gasteiger partial charge in [-0.3, -0.25) is 19.2 Å². The average Bonchev–Trinajstić information content (AvgIpc) is 1.63. The van der Waals surface area contributed by atoms with Gasteiger partial charge in [0.1, 0.15) is 48.6 Å². The van der Waals surface area contributed by atoms with Gasteiger partial charge in [-0.2, -0.15) is 0 Å². The monoisotopic (exact) mass is 1830 g/mol. The molecule has 4 aromatic heterocycles. The van der Waals surface area contributed by atoms with Crippen LogP contribution in [0.2, 0.25) is 20.1 Å². The molecule has 0 radical (unpaired) electrons. The molecule has 4 aliphatic heterocycles. The molecule has 8 heterocycles. The van der Waals surface area contributed by atoms with Crippen molar-refractivity contribution in [3.63, 3.8) is 0 Å². The number of anilines is 4. The Morgan fingerprint density at radius 1 is 0.352 bits per heavy atom. The van der Waals surface area contributed by atoms with Gasteiger partial charge in [0.25, 0.3) is 0 Å². The third-order valence-electron chi connectivity index (χ3n) is 24.8. The number of piperazine rings is 4. The van der Waals surface area contributed by atoms with E-state index in [1.165, 1.54) is 28.8 Å². The van der Waals surface area contributed by atoms with Gasteiger partial charge < -0.3 is 69.8 Å². The Balaban J connectivity index is 0.000000188. The molecule has 4 saturated heterocycles. The second-order valence-electron chi connectivity index (χ2n) is 33.6. The number of nitrogens with one attached hydrogen (secondary N) is 2. The molecule has 26 nitrogen and oxygen atoms in total. The van der Waals surface area contributed by atoms with Gasteiger partial charge in [-0.15, -0.1) is 0 Å². The Bertz CT molecular complexity index is 4780. The minimum atomic E-state index is -0.513. The van der Waals surface area contributed by atoms with Crippen molar-refractivity contribution < 1.29 is 29.4 Å². The largest absolute Gasteiger partial charge is 0.387 e. The van der Waals surface area contributed by atoms with Gasteiger partial charge in [0, 0.05) is 185 Å². The van der Waals surface area contributed by atoms with Gasteiger partial charge >= 0.3 is 0 Å². The molecule has 8 aromatic rings. The maximum absolute atomic E-state index is 13.4. The van der Waals surface area contributed by atoms with Crippen molar-refractivity contribution in [1.82, 2.24) is 79.9 Å². The number of amides is 4. The highest BCUT2D eigenvalue weighted by Gasteiger charge is 2.40. The van der Waals surface area contributed by atoms with E-state index in [0.717, 1.165) is 120 Å². The smallest absolute Gasteiger partial charge is 0.231 e. The number of aromatic nitrogens is 8. The molecular weight excluding hydrogens is 1700 g/mol. The molecule has 4 amide bonds. The van der Waals surface area contributed by atoms with Gasteiger partial charge in [0.15, 0.2) is 0 Å². The number of fused-ring (bicyclic) bond motifs is 4. The number of hydrogen-bond donors (Lipinski definition) is 4. The first-order chi connectivity index (χ1) is 61.9. The van der Waals surface area contributed by atoms with Crippen molar-refractivity contribution in [2.24, 2.45) is 0 Å². The van der Waals surface area contributed by atoms with E-state index in [1.54, 1.807) is 19.0 Å². The van der Waals surface area contributed by atoms with Gasteiger partial charge in [0.05, 0.1) is 47.3 Å². The van der Waals surface area contributed by atoms with E-state index in [0.29, 0.717) is 149 Å². The third kappa shape index (κ3) is 25.9. The minimum absolute atomic E-state index is 0.128. The maximum atomic E-state index is 13.4. The zero-order valence-corrected chi connectivity index (χ0v) is 81.8.